The smallest absolute Gasteiger partial charge is 0.283 e. The quantitative estimate of drug-likeness (QED) is 0.749. The molecule has 1 fully saturated rings. The average Bonchev–Trinajstić information content (AvgIpc) is 3.28. The van der Waals surface area contributed by atoms with E-state index in [-0.39, 0.29) is 5.91 Å². The van der Waals surface area contributed by atoms with E-state index in [0.717, 1.165) is 24.3 Å². The van der Waals surface area contributed by atoms with Crippen LogP contribution < -0.4 is 10.2 Å². The third kappa shape index (κ3) is 4.94. The Hall–Kier alpha value is -2.15. The Bertz CT molecular complexity index is 683. The zero-order valence-corrected chi connectivity index (χ0v) is 15.7. The van der Waals surface area contributed by atoms with Gasteiger partial charge in [-0.1, -0.05) is 26.7 Å². The second kappa shape index (κ2) is 8.98. The SMILES string of the molecule is CCC[NH+](CC(=O)N[C@@H]1CCCC[C@@H]1C)Cc1nnc(-c2ccco2)o1. The summed E-state index contributed by atoms with van der Waals surface area (Å²) in [6.45, 7) is 6.19. The Morgan fingerprint density at radius 1 is 1.35 bits per heavy atom. The summed E-state index contributed by atoms with van der Waals surface area (Å²) in [4.78, 5) is 13.6. The summed E-state index contributed by atoms with van der Waals surface area (Å²) >= 11 is 0. The van der Waals surface area contributed by atoms with Gasteiger partial charge in [-0.05, 0) is 37.3 Å². The van der Waals surface area contributed by atoms with Crippen LogP contribution in [0.4, 0.5) is 0 Å². The van der Waals surface area contributed by atoms with Crippen molar-refractivity contribution < 1.29 is 18.5 Å². The highest BCUT2D eigenvalue weighted by molar-refractivity contribution is 5.77. The fourth-order valence-corrected chi connectivity index (χ4v) is 3.65. The second-order valence-corrected chi connectivity index (χ2v) is 7.27. The molecule has 3 atom stereocenters. The van der Waals surface area contributed by atoms with Crippen LogP contribution in [0.15, 0.2) is 27.2 Å². The third-order valence-corrected chi connectivity index (χ3v) is 5.07. The number of rotatable bonds is 8. The van der Waals surface area contributed by atoms with Crippen molar-refractivity contribution in [2.24, 2.45) is 5.92 Å². The molecule has 0 radical (unpaired) electrons. The van der Waals surface area contributed by atoms with Crippen molar-refractivity contribution in [3.05, 3.63) is 24.3 Å². The molecule has 2 N–H and O–H groups in total. The number of aromatic nitrogens is 2. The Morgan fingerprint density at radius 2 is 2.19 bits per heavy atom. The van der Waals surface area contributed by atoms with Gasteiger partial charge in [0.05, 0.1) is 12.8 Å². The van der Waals surface area contributed by atoms with Crippen molar-refractivity contribution >= 4 is 5.91 Å². The van der Waals surface area contributed by atoms with Crippen LogP contribution in [0.1, 0.15) is 51.8 Å². The zero-order chi connectivity index (χ0) is 18.4. The molecule has 0 saturated heterocycles. The highest BCUT2D eigenvalue weighted by atomic mass is 16.4. The van der Waals surface area contributed by atoms with Crippen molar-refractivity contribution in [1.29, 1.82) is 0 Å². The topological polar surface area (TPSA) is 85.6 Å². The molecule has 7 nitrogen and oxygen atoms in total. The summed E-state index contributed by atoms with van der Waals surface area (Å²) in [5.41, 5.74) is 0. The molecule has 0 aromatic carbocycles. The van der Waals surface area contributed by atoms with Crippen LogP contribution in [-0.4, -0.2) is 35.2 Å². The van der Waals surface area contributed by atoms with Crippen molar-refractivity contribution in [1.82, 2.24) is 15.5 Å². The number of hydrogen-bond donors (Lipinski definition) is 2. The summed E-state index contributed by atoms with van der Waals surface area (Å²) in [6.07, 6.45) is 7.33. The fraction of sp³-hybridized carbons (Fsp3) is 0.632. The molecule has 26 heavy (non-hydrogen) atoms. The molecule has 2 heterocycles. The second-order valence-electron chi connectivity index (χ2n) is 7.27. The first kappa shape index (κ1) is 18.6. The third-order valence-electron chi connectivity index (χ3n) is 5.07. The van der Waals surface area contributed by atoms with Crippen molar-refractivity contribution in [2.45, 2.75) is 58.5 Å². The number of nitrogens with one attached hydrogen (secondary N) is 2. The van der Waals surface area contributed by atoms with Crippen molar-refractivity contribution in [3.63, 3.8) is 0 Å². The molecule has 0 spiro atoms. The average molecular weight is 361 g/mol. The lowest BCUT2D eigenvalue weighted by Crippen LogP contribution is -3.12. The van der Waals surface area contributed by atoms with Gasteiger partial charge in [0.1, 0.15) is 0 Å². The van der Waals surface area contributed by atoms with E-state index < -0.39 is 0 Å². The van der Waals surface area contributed by atoms with Gasteiger partial charge >= 0.3 is 0 Å². The molecule has 3 rings (SSSR count). The van der Waals surface area contributed by atoms with E-state index >= 15 is 0 Å². The van der Waals surface area contributed by atoms with Gasteiger partial charge < -0.3 is 19.1 Å². The van der Waals surface area contributed by atoms with Gasteiger partial charge in [-0.15, -0.1) is 10.2 Å². The lowest BCUT2D eigenvalue weighted by molar-refractivity contribution is -0.907. The van der Waals surface area contributed by atoms with Crippen LogP contribution in [-0.2, 0) is 11.3 Å². The van der Waals surface area contributed by atoms with Gasteiger partial charge in [-0.25, -0.2) is 0 Å². The van der Waals surface area contributed by atoms with Gasteiger partial charge in [0, 0.05) is 6.04 Å². The lowest BCUT2D eigenvalue weighted by atomic mass is 9.86. The lowest BCUT2D eigenvalue weighted by Gasteiger charge is -2.29. The number of carbonyl (C=O) groups is 1. The first-order chi connectivity index (χ1) is 12.7. The molecule has 0 bridgehead atoms. The minimum atomic E-state index is 0.109. The van der Waals surface area contributed by atoms with E-state index in [1.54, 1.807) is 18.4 Å². The molecule has 142 valence electrons. The van der Waals surface area contributed by atoms with E-state index in [4.69, 9.17) is 8.83 Å². The Kier molecular flexibility index (Phi) is 6.44. The van der Waals surface area contributed by atoms with Gasteiger partial charge in [0.25, 0.3) is 17.7 Å². The van der Waals surface area contributed by atoms with Crippen LogP contribution in [0, 0.1) is 5.92 Å². The monoisotopic (exact) mass is 361 g/mol. The molecule has 1 unspecified atom stereocenters. The number of hydrogen-bond acceptors (Lipinski definition) is 5. The van der Waals surface area contributed by atoms with Crippen LogP contribution in [0.3, 0.4) is 0 Å². The molecule has 2 aromatic heterocycles. The standard InChI is InChI=1S/C19H28N4O3/c1-3-10-23(12-17(24)20-15-8-5-4-7-14(15)2)13-18-21-22-19(26-18)16-9-6-11-25-16/h6,9,11,14-15H,3-5,7-8,10,12-13H2,1-2H3,(H,20,24)/p+1/t14-,15+/m0/s1. The van der Waals surface area contributed by atoms with E-state index in [1.807, 2.05) is 0 Å². The number of quaternary nitrogens is 1. The van der Waals surface area contributed by atoms with E-state index in [1.165, 1.54) is 19.3 Å². The van der Waals surface area contributed by atoms with Gasteiger partial charge in [-0.2, -0.15) is 0 Å². The summed E-state index contributed by atoms with van der Waals surface area (Å²) < 4.78 is 11.0. The summed E-state index contributed by atoms with van der Waals surface area (Å²) in [5.74, 6) is 2.14. The van der Waals surface area contributed by atoms with Crippen molar-refractivity contribution in [2.75, 3.05) is 13.1 Å². The number of amides is 1. The van der Waals surface area contributed by atoms with E-state index in [2.05, 4.69) is 29.4 Å². The first-order valence-electron chi connectivity index (χ1n) is 9.65. The molecular formula is C19H29N4O3+. The maximum absolute atomic E-state index is 12.5. The minimum Gasteiger partial charge on any atom is -0.459 e. The van der Waals surface area contributed by atoms with Crippen LogP contribution in [0.2, 0.25) is 0 Å². The summed E-state index contributed by atoms with van der Waals surface area (Å²) in [5, 5.41) is 11.4. The highest BCUT2D eigenvalue weighted by Gasteiger charge is 2.25. The highest BCUT2D eigenvalue weighted by Crippen LogP contribution is 2.23. The van der Waals surface area contributed by atoms with Gasteiger partial charge in [0.15, 0.2) is 18.8 Å². The predicted octanol–water partition coefficient (Wildman–Crippen LogP) is 1.82. The van der Waals surface area contributed by atoms with Crippen molar-refractivity contribution in [3.8, 4) is 11.7 Å². The molecule has 1 saturated carbocycles. The number of nitrogens with zero attached hydrogens (tertiary/aromatic N) is 2. The molecular weight excluding hydrogens is 332 g/mol. The zero-order valence-electron chi connectivity index (χ0n) is 15.7. The van der Waals surface area contributed by atoms with E-state index in [0.29, 0.717) is 42.6 Å². The molecule has 1 aliphatic rings. The molecule has 7 heteroatoms. The number of carbonyl (C=O) groups excluding carboxylic acids is 1. The van der Waals surface area contributed by atoms with Gasteiger partial charge in [-0.3, -0.25) is 4.79 Å². The fourth-order valence-electron chi connectivity index (χ4n) is 3.65. The summed E-state index contributed by atoms with van der Waals surface area (Å²) in [7, 11) is 0. The molecule has 1 aliphatic carbocycles. The number of furan rings is 1. The summed E-state index contributed by atoms with van der Waals surface area (Å²) in [6, 6.07) is 3.88. The maximum Gasteiger partial charge on any atom is 0.283 e. The predicted molar refractivity (Wildman–Crippen MR) is 96.3 cm³/mol. The van der Waals surface area contributed by atoms with Crippen LogP contribution >= 0.6 is 0 Å². The van der Waals surface area contributed by atoms with Gasteiger partial charge in [0.2, 0.25) is 0 Å². The van der Waals surface area contributed by atoms with E-state index in [9.17, 15) is 4.79 Å². The molecule has 0 aliphatic heterocycles. The maximum atomic E-state index is 12.5. The molecule has 2 aromatic rings. The normalized spacial score (nSPS) is 21.5. The first-order valence-corrected chi connectivity index (χ1v) is 9.65. The Balaban J connectivity index is 1.55. The van der Waals surface area contributed by atoms with Crippen LogP contribution in [0.25, 0.3) is 11.7 Å². The Labute approximate surface area is 154 Å². The largest absolute Gasteiger partial charge is 0.459 e. The minimum absolute atomic E-state index is 0.109. The Morgan fingerprint density at radius 3 is 2.92 bits per heavy atom. The van der Waals surface area contributed by atoms with Crippen LogP contribution in [0.5, 0.6) is 0 Å². The molecule has 1 amide bonds.